The van der Waals surface area contributed by atoms with Crippen LogP contribution in [0.25, 0.3) is 33.2 Å². The van der Waals surface area contributed by atoms with Gasteiger partial charge in [-0.2, -0.15) is 0 Å². The predicted molar refractivity (Wildman–Crippen MR) is 130 cm³/mol. The predicted octanol–water partition coefficient (Wildman–Crippen LogP) is 4.00. The molecule has 4 heteroatoms. The molecule has 2 nitrogen and oxygen atoms in total. The minimum absolute atomic E-state index is 1.22. The summed E-state index contributed by atoms with van der Waals surface area (Å²) in [6.07, 6.45) is 4.56. The van der Waals surface area contributed by atoms with Crippen LogP contribution in [0.15, 0.2) is 78.9 Å². The molecule has 5 aromatic rings. The Labute approximate surface area is 172 Å². The van der Waals surface area contributed by atoms with Crippen molar-refractivity contribution < 1.29 is 0 Å². The van der Waals surface area contributed by atoms with Crippen molar-refractivity contribution in [3.05, 3.63) is 78.9 Å². The zero-order valence-electron chi connectivity index (χ0n) is 16.6. The van der Waals surface area contributed by atoms with Gasteiger partial charge in [-0.1, -0.05) is 73.0 Å². The van der Waals surface area contributed by atoms with Crippen LogP contribution in [-0.4, -0.2) is 23.2 Å². The second kappa shape index (κ2) is 5.82. The topological polar surface area (TPSA) is 9.86 Å². The first kappa shape index (κ1) is 17.0. The number of benzene rings is 3. The fourth-order valence-corrected chi connectivity index (χ4v) is 13.2. The molecule has 1 aliphatic heterocycles. The molecule has 0 N–H and O–H groups in total. The number of fused-ring (bicyclic) bond motifs is 7. The van der Waals surface area contributed by atoms with Gasteiger partial charge in [0.25, 0.3) is 0 Å². The maximum Gasteiger partial charge on any atom is 0.207 e. The molecule has 2 aromatic heterocycles. The van der Waals surface area contributed by atoms with E-state index in [0.717, 1.165) is 0 Å². The third-order valence-electron chi connectivity index (χ3n) is 6.59. The van der Waals surface area contributed by atoms with Crippen molar-refractivity contribution >= 4 is 59.2 Å². The van der Waals surface area contributed by atoms with Crippen LogP contribution in [0.1, 0.15) is 0 Å². The Hall–Kier alpha value is -2.87. The SMILES string of the molecule is C=P[Si]1(c2ccccc2)c2c(n(C)c3ccccc23)-c2c1c1ccccc1n2C. The van der Waals surface area contributed by atoms with E-state index in [2.05, 4.69) is 108 Å². The van der Waals surface area contributed by atoms with E-state index in [9.17, 15) is 0 Å². The van der Waals surface area contributed by atoms with E-state index >= 15 is 0 Å². The van der Waals surface area contributed by atoms with E-state index in [1.54, 1.807) is 0 Å². The smallest absolute Gasteiger partial charge is 0.207 e. The Bertz CT molecular complexity index is 1360. The fraction of sp³-hybridized carbons (Fsp3) is 0.0800. The van der Waals surface area contributed by atoms with Gasteiger partial charge in [0.05, 0.1) is 11.4 Å². The van der Waals surface area contributed by atoms with Gasteiger partial charge in [-0.3, -0.25) is 0 Å². The number of aromatic nitrogens is 2. The standard InChI is InChI=1S/C25H21N2PSi/c1-26-20-15-9-7-13-18(20)24-22(26)23-25(19-14-8-10-16-21(19)27(23)2)29(24,28-3)17-11-5-4-6-12-17/h4-16H,3H2,1-2H3. The van der Waals surface area contributed by atoms with Gasteiger partial charge in [0, 0.05) is 35.9 Å². The van der Waals surface area contributed by atoms with Crippen LogP contribution in [0.4, 0.5) is 0 Å². The van der Waals surface area contributed by atoms with Gasteiger partial charge in [0.2, 0.25) is 7.74 Å². The van der Waals surface area contributed by atoms with Crippen LogP contribution >= 0.6 is 7.75 Å². The lowest BCUT2D eigenvalue weighted by molar-refractivity contribution is 0.930. The summed E-state index contributed by atoms with van der Waals surface area (Å²) in [5, 5.41) is 7.29. The Morgan fingerprint density at radius 3 is 1.59 bits per heavy atom. The molecule has 0 atom stereocenters. The summed E-state index contributed by atoms with van der Waals surface area (Å²) in [6, 6.07) is 28.9. The largest absolute Gasteiger partial charge is 0.342 e. The lowest BCUT2D eigenvalue weighted by atomic mass is 10.2. The van der Waals surface area contributed by atoms with Gasteiger partial charge < -0.3 is 9.13 Å². The molecule has 0 spiro atoms. The van der Waals surface area contributed by atoms with Gasteiger partial charge in [0.15, 0.2) is 0 Å². The molecule has 0 saturated carbocycles. The van der Waals surface area contributed by atoms with E-state index in [-0.39, 0.29) is 0 Å². The highest BCUT2D eigenvalue weighted by atomic mass is 31.3. The highest BCUT2D eigenvalue weighted by molar-refractivity contribution is 7.89. The summed E-state index contributed by atoms with van der Waals surface area (Å²) in [7, 11) is 3.37. The minimum Gasteiger partial charge on any atom is -0.342 e. The van der Waals surface area contributed by atoms with Crippen molar-refractivity contribution in [3.8, 4) is 11.4 Å². The molecule has 0 aliphatic carbocycles. The lowest BCUT2D eigenvalue weighted by Crippen LogP contribution is -2.60. The molecule has 3 heterocycles. The number of hydrogen-bond donors (Lipinski definition) is 0. The third-order valence-corrected chi connectivity index (χ3v) is 14.2. The summed E-state index contributed by atoms with van der Waals surface area (Å²) in [6.45, 7) is 0. The third kappa shape index (κ3) is 1.90. The molecule has 0 bridgehead atoms. The number of rotatable bonds is 2. The van der Waals surface area contributed by atoms with Gasteiger partial charge in [0.1, 0.15) is 0 Å². The Morgan fingerprint density at radius 1 is 0.655 bits per heavy atom. The van der Waals surface area contributed by atoms with Crippen LogP contribution < -0.4 is 15.6 Å². The van der Waals surface area contributed by atoms with Gasteiger partial charge >= 0.3 is 0 Å². The van der Waals surface area contributed by atoms with Crippen molar-refractivity contribution in [2.45, 2.75) is 0 Å². The molecule has 0 amide bonds. The first-order valence-electron chi connectivity index (χ1n) is 9.89. The van der Waals surface area contributed by atoms with Crippen LogP contribution in [0.2, 0.25) is 0 Å². The van der Waals surface area contributed by atoms with E-state index in [1.807, 2.05) is 0 Å². The Kier molecular flexibility index (Phi) is 3.42. The van der Waals surface area contributed by atoms with E-state index in [4.69, 9.17) is 0 Å². The summed E-state index contributed by atoms with van der Waals surface area (Å²) in [5.74, 6) is 0. The molecule has 140 valence electrons. The van der Waals surface area contributed by atoms with Gasteiger partial charge in [-0.15, -0.1) is 7.75 Å². The first-order valence-corrected chi connectivity index (χ1v) is 13.8. The molecular formula is C25H21N2PSi. The minimum atomic E-state index is -2.29. The summed E-state index contributed by atoms with van der Waals surface area (Å²) >= 11 is 0. The van der Waals surface area contributed by atoms with Crippen molar-refractivity contribution in [2.24, 2.45) is 14.1 Å². The number of nitrogens with zero attached hydrogens (tertiary/aromatic N) is 2. The molecule has 1 aliphatic rings. The maximum atomic E-state index is 4.56. The fourth-order valence-electron chi connectivity index (χ4n) is 5.42. The summed E-state index contributed by atoms with van der Waals surface area (Å²) < 4.78 is 4.82. The lowest BCUT2D eigenvalue weighted by Gasteiger charge is -2.25. The van der Waals surface area contributed by atoms with Crippen molar-refractivity contribution in [3.63, 3.8) is 0 Å². The molecule has 3 aromatic carbocycles. The average molecular weight is 409 g/mol. The Balaban J connectivity index is 1.93. The molecular weight excluding hydrogens is 387 g/mol. The zero-order chi connectivity index (χ0) is 19.8. The Morgan fingerprint density at radius 2 is 1.10 bits per heavy atom. The van der Waals surface area contributed by atoms with E-state index in [0.29, 0.717) is 0 Å². The summed E-state index contributed by atoms with van der Waals surface area (Å²) in [5.41, 5.74) is 5.38. The quantitative estimate of drug-likeness (QED) is 0.309. The number of hydrogen-bond acceptors (Lipinski definition) is 0. The molecule has 0 unspecified atom stereocenters. The monoisotopic (exact) mass is 408 g/mol. The number of aryl methyl sites for hydroxylation is 2. The van der Waals surface area contributed by atoms with Crippen LogP contribution in [0.3, 0.4) is 0 Å². The maximum absolute atomic E-state index is 4.56. The average Bonchev–Trinajstić information content (AvgIpc) is 3.36. The number of para-hydroxylation sites is 2. The van der Waals surface area contributed by atoms with Crippen LogP contribution in [0.5, 0.6) is 0 Å². The van der Waals surface area contributed by atoms with Crippen LogP contribution in [-0.2, 0) is 14.1 Å². The van der Waals surface area contributed by atoms with Crippen molar-refractivity contribution in [1.82, 2.24) is 9.13 Å². The molecule has 0 fully saturated rings. The molecule has 6 rings (SSSR count). The second-order valence-corrected chi connectivity index (χ2v) is 14.1. The van der Waals surface area contributed by atoms with Gasteiger partial charge in [-0.25, -0.2) is 0 Å². The van der Waals surface area contributed by atoms with E-state index in [1.165, 1.54) is 56.5 Å². The molecule has 29 heavy (non-hydrogen) atoms. The van der Waals surface area contributed by atoms with E-state index < -0.39 is 7.74 Å². The van der Waals surface area contributed by atoms with Crippen molar-refractivity contribution in [2.75, 3.05) is 0 Å². The van der Waals surface area contributed by atoms with Crippen LogP contribution in [0, 0.1) is 0 Å². The van der Waals surface area contributed by atoms with Crippen molar-refractivity contribution in [1.29, 1.82) is 0 Å². The summed E-state index contributed by atoms with van der Waals surface area (Å²) in [4.78, 5) is 0. The molecule has 0 saturated heterocycles. The second-order valence-electron chi connectivity index (χ2n) is 7.83. The normalized spacial score (nSPS) is 14.6. The highest BCUT2D eigenvalue weighted by Gasteiger charge is 2.51. The highest BCUT2D eigenvalue weighted by Crippen LogP contribution is 2.41. The van der Waals surface area contributed by atoms with Gasteiger partial charge in [-0.05, 0) is 27.7 Å². The molecule has 0 radical (unpaired) electrons. The zero-order valence-corrected chi connectivity index (χ0v) is 18.4. The first-order chi connectivity index (χ1) is 14.2.